The van der Waals surface area contributed by atoms with Crippen molar-refractivity contribution in [1.29, 1.82) is 0 Å². The fourth-order valence-electron chi connectivity index (χ4n) is 2.08. The van der Waals surface area contributed by atoms with Gasteiger partial charge in [-0.2, -0.15) is 5.10 Å². The van der Waals surface area contributed by atoms with Gasteiger partial charge in [-0.15, -0.1) is 0 Å². The largest absolute Gasteiger partial charge is 0.370 e. The Labute approximate surface area is 105 Å². The van der Waals surface area contributed by atoms with Crippen molar-refractivity contribution < 1.29 is 4.79 Å². The molecule has 0 saturated carbocycles. The highest BCUT2D eigenvalue weighted by molar-refractivity contribution is 5.79. The summed E-state index contributed by atoms with van der Waals surface area (Å²) in [5.41, 5.74) is 2.53. The lowest BCUT2D eigenvalue weighted by Gasteiger charge is -2.18. The Morgan fingerprint density at radius 1 is 1.50 bits per heavy atom. The molecule has 0 aromatic carbocycles. The predicted octanol–water partition coefficient (Wildman–Crippen LogP) is -0.606. The van der Waals surface area contributed by atoms with Gasteiger partial charge in [0.1, 0.15) is 6.04 Å². The van der Waals surface area contributed by atoms with Gasteiger partial charge in [0.2, 0.25) is 0 Å². The third-order valence-corrected chi connectivity index (χ3v) is 3.17. The van der Waals surface area contributed by atoms with E-state index in [1.807, 2.05) is 5.43 Å². The van der Waals surface area contributed by atoms with Crippen LogP contribution in [-0.4, -0.2) is 28.8 Å². The van der Waals surface area contributed by atoms with Crippen molar-refractivity contribution in [3.8, 4) is 0 Å². The minimum Gasteiger partial charge on any atom is -0.370 e. The Morgan fingerprint density at radius 2 is 2.17 bits per heavy atom. The number of hydrazine groups is 1. The summed E-state index contributed by atoms with van der Waals surface area (Å²) in [5.74, 6) is 4.59. The average Bonchev–Trinajstić information content (AvgIpc) is 2.90. The van der Waals surface area contributed by atoms with Crippen LogP contribution in [0.5, 0.6) is 0 Å². The van der Waals surface area contributed by atoms with Crippen LogP contribution < -0.4 is 21.7 Å². The van der Waals surface area contributed by atoms with Crippen molar-refractivity contribution in [3.63, 3.8) is 0 Å². The van der Waals surface area contributed by atoms with Gasteiger partial charge in [0.05, 0.1) is 11.9 Å². The number of nitrogens with one attached hydrogen (secondary N) is 1. The first-order valence-corrected chi connectivity index (χ1v) is 5.98. The summed E-state index contributed by atoms with van der Waals surface area (Å²) >= 11 is 0. The summed E-state index contributed by atoms with van der Waals surface area (Å²) in [7, 11) is 0. The molecule has 1 unspecified atom stereocenters. The summed E-state index contributed by atoms with van der Waals surface area (Å²) in [5, 5.41) is 4.04. The van der Waals surface area contributed by atoms with Crippen LogP contribution in [0, 0.1) is 0 Å². The van der Waals surface area contributed by atoms with Gasteiger partial charge in [-0.1, -0.05) is 0 Å². The second-order valence-corrected chi connectivity index (χ2v) is 4.38. The van der Waals surface area contributed by atoms with E-state index in [9.17, 15) is 9.59 Å². The van der Waals surface area contributed by atoms with Crippen LogP contribution >= 0.6 is 0 Å². The lowest BCUT2D eigenvalue weighted by Crippen LogP contribution is -2.40. The first kappa shape index (κ1) is 12.6. The van der Waals surface area contributed by atoms with E-state index in [2.05, 4.69) is 10.00 Å². The van der Waals surface area contributed by atoms with Gasteiger partial charge in [-0.05, 0) is 19.8 Å². The van der Waals surface area contributed by atoms with Gasteiger partial charge in [0, 0.05) is 19.2 Å². The van der Waals surface area contributed by atoms with Crippen molar-refractivity contribution in [1.82, 2.24) is 15.2 Å². The van der Waals surface area contributed by atoms with E-state index in [1.54, 1.807) is 13.1 Å². The zero-order valence-electron chi connectivity index (χ0n) is 10.3. The molecule has 1 aromatic heterocycles. The highest BCUT2D eigenvalue weighted by Crippen LogP contribution is 2.17. The maximum Gasteiger partial charge on any atom is 0.269 e. The molecular weight excluding hydrogens is 234 g/mol. The quantitative estimate of drug-likeness (QED) is 0.425. The molecule has 7 heteroatoms. The Bertz CT molecular complexity index is 492. The molecule has 18 heavy (non-hydrogen) atoms. The molecule has 1 aliphatic heterocycles. The number of nitrogens with two attached hydrogens (primary N) is 1. The number of hydrogen-bond donors (Lipinski definition) is 2. The number of rotatable bonds is 3. The second kappa shape index (κ2) is 5.18. The number of amides is 1. The van der Waals surface area contributed by atoms with Crippen molar-refractivity contribution in [2.75, 3.05) is 18.0 Å². The minimum atomic E-state index is -0.713. The molecule has 1 saturated heterocycles. The Balaban J connectivity index is 2.24. The number of carbonyl (C=O) groups is 1. The maximum atomic E-state index is 11.9. The fourth-order valence-corrected chi connectivity index (χ4v) is 2.08. The Kier molecular flexibility index (Phi) is 3.61. The van der Waals surface area contributed by atoms with E-state index in [4.69, 9.17) is 5.84 Å². The molecule has 0 radical (unpaired) electrons. The molecule has 1 aromatic rings. The van der Waals surface area contributed by atoms with Gasteiger partial charge in [-0.3, -0.25) is 15.0 Å². The van der Waals surface area contributed by atoms with Gasteiger partial charge in [0.15, 0.2) is 0 Å². The van der Waals surface area contributed by atoms with E-state index < -0.39 is 11.9 Å². The standard InChI is InChI=1S/C11H17N5O2/c1-8(11(18)14-12)16-10(17)6-9(7-13-16)15-4-2-3-5-15/h6-8H,2-5,12H2,1H3,(H,14,18). The number of nitrogens with zero attached hydrogens (tertiary/aromatic N) is 3. The van der Waals surface area contributed by atoms with Crippen LogP contribution in [-0.2, 0) is 4.79 Å². The van der Waals surface area contributed by atoms with Crippen LogP contribution in [0.15, 0.2) is 17.1 Å². The van der Waals surface area contributed by atoms with Crippen molar-refractivity contribution in [2.24, 2.45) is 5.84 Å². The molecule has 0 bridgehead atoms. The Morgan fingerprint density at radius 3 is 2.72 bits per heavy atom. The molecule has 2 heterocycles. The average molecular weight is 251 g/mol. The van der Waals surface area contributed by atoms with E-state index in [1.165, 1.54) is 6.07 Å². The molecule has 1 atom stereocenters. The third kappa shape index (κ3) is 2.35. The number of hydrogen-bond acceptors (Lipinski definition) is 5. The summed E-state index contributed by atoms with van der Waals surface area (Å²) in [4.78, 5) is 25.4. The van der Waals surface area contributed by atoms with Gasteiger partial charge < -0.3 is 4.90 Å². The third-order valence-electron chi connectivity index (χ3n) is 3.17. The minimum absolute atomic E-state index is 0.296. The van der Waals surface area contributed by atoms with E-state index in [-0.39, 0.29) is 5.56 Å². The number of aromatic nitrogens is 2. The first-order valence-electron chi connectivity index (χ1n) is 5.98. The number of carbonyl (C=O) groups excluding carboxylic acids is 1. The summed E-state index contributed by atoms with van der Waals surface area (Å²) < 4.78 is 1.13. The molecule has 0 aliphatic carbocycles. The highest BCUT2D eigenvalue weighted by atomic mass is 16.2. The second-order valence-electron chi connectivity index (χ2n) is 4.38. The molecule has 7 nitrogen and oxygen atoms in total. The van der Waals surface area contributed by atoms with E-state index >= 15 is 0 Å². The Hall–Kier alpha value is -1.89. The molecular formula is C11H17N5O2. The lowest BCUT2D eigenvalue weighted by molar-refractivity contribution is -0.124. The zero-order valence-corrected chi connectivity index (χ0v) is 10.3. The summed E-state index contributed by atoms with van der Waals surface area (Å²) in [6.07, 6.45) is 3.89. The summed E-state index contributed by atoms with van der Waals surface area (Å²) in [6, 6.07) is 0.800. The van der Waals surface area contributed by atoms with Crippen LogP contribution in [0.2, 0.25) is 0 Å². The monoisotopic (exact) mass is 251 g/mol. The van der Waals surface area contributed by atoms with Gasteiger partial charge >= 0.3 is 0 Å². The molecule has 1 fully saturated rings. The first-order chi connectivity index (χ1) is 8.63. The SMILES string of the molecule is CC(C(=O)NN)n1ncc(N2CCCC2)cc1=O. The number of anilines is 1. The molecule has 1 amide bonds. The van der Waals surface area contributed by atoms with Crippen molar-refractivity contribution in [3.05, 3.63) is 22.6 Å². The lowest BCUT2D eigenvalue weighted by atomic mass is 10.3. The van der Waals surface area contributed by atoms with E-state index in [0.717, 1.165) is 36.3 Å². The molecule has 2 rings (SSSR count). The highest BCUT2D eigenvalue weighted by Gasteiger charge is 2.18. The van der Waals surface area contributed by atoms with Crippen molar-refractivity contribution in [2.45, 2.75) is 25.8 Å². The molecule has 1 aliphatic rings. The van der Waals surface area contributed by atoms with Crippen molar-refractivity contribution >= 4 is 11.6 Å². The molecule has 3 N–H and O–H groups in total. The van der Waals surface area contributed by atoms with Crippen LogP contribution in [0.1, 0.15) is 25.8 Å². The van der Waals surface area contributed by atoms with Gasteiger partial charge in [-0.25, -0.2) is 10.5 Å². The fraction of sp³-hybridized carbons (Fsp3) is 0.545. The van der Waals surface area contributed by atoms with Crippen LogP contribution in [0.3, 0.4) is 0 Å². The van der Waals surface area contributed by atoms with Crippen LogP contribution in [0.4, 0.5) is 5.69 Å². The topological polar surface area (TPSA) is 93.2 Å². The smallest absolute Gasteiger partial charge is 0.269 e. The van der Waals surface area contributed by atoms with E-state index in [0.29, 0.717) is 0 Å². The predicted molar refractivity (Wildman–Crippen MR) is 67.0 cm³/mol. The summed E-state index contributed by atoms with van der Waals surface area (Å²) in [6.45, 7) is 3.47. The molecule has 0 spiro atoms. The normalized spacial score (nSPS) is 16.7. The van der Waals surface area contributed by atoms with Crippen LogP contribution in [0.25, 0.3) is 0 Å². The van der Waals surface area contributed by atoms with Gasteiger partial charge in [0.25, 0.3) is 11.5 Å². The maximum absolute atomic E-state index is 11.9. The zero-order chi connectivity index (χ0) is 13.1. The molecule has 98 valence electrons.